The van der Waals surface area contributed by atoms with Gasteiger partial charge in [-0.05, 0) is 18.9 Å². The molecule has 1 aromatic rings. The second-order valence-electron chi connectivity index (χ2n) is 3.94. The summed E-state index contributed by atoms with van der Waals surface area (Å²) in [4.78, 5) is 14.4. The van der Waals surface area contributed by atoms with Crippen molar-refractivity contribution in [3.63, 3.8) is 0 Å². The van der Waals surface area contributed by atoms with Gasteiger partial charge in [0.15, 0.2) is 0 Å². The van der Waals surface area contributed by atoms with E-state index in [0.29, 0.717) is 6.54 Å². The summed E-state index contributed by atoms with van der Waals surface area (Å²) in [5.74, 6) is 0.284. The summed E-state index contributed by atoms with van der Waals surface area (Å²) in [6.45, 7) is 4.41. The topological polar surface area (TPSA) is 94.1 Å². The monoisotopic (exact) mass is 238 g/mol. The molecule has 0 radical (unpaired) electrons. The minimum absolute atomic E-state index is 0.0211. The molecule has 0 amide bonds. The smallest absolute Gasteiger partial charge is 0.311 e. The zero-order valence-corrected chi connectivity index (χ0v) is 10.1. The number of nitro groups is 1. The molecule has 0 saturated carbocycles. The lowest BCUT2D eigenvalue weighted by atomic mass is 9.93. The fourth-order valence-electron chi connectivity index (χ4n) is 1.66. The van der Waals surface area contributed by atoms with Crippen LogP contribution in [-0.4, -0.2) is 22.0 Å². The van der Waals surface area contributed by atoms with E-state index in [2.05, 4.69) is 10.3 Å². The van der Waals surface area contributed by atoms with Crippen molar-refractivity contribution < 1.29 is 4.92 Å². The van der Waals surface area contributed by atoms with E-state index in [4.69, 9.17) is 5.73 Å². The van der Waals surface area contributed by atoms with Crippen LogP contribution in [0.5, 0.6) is 0 Å². The van der Waals surface area contributed by atoms with E-state index in [9.17, 15) is 10.1 Å². The molecule has 3 N–H and O–H groups in total. The highest BCUT2D eigenvalue weighted by molar-refractivity contribution is 5.56. The van der Waals surface area contributed by atoms with Gasteiger partial charge >= 0.3 is 5.69 Å². The van der Waals surface area contributed by atoms with Crippen LogP contribution in [0.2, 0.25) is 0 Å². The summed E-state index contributed by atoms with van der Waals surface area (Å²) in [6.07, 6.45) is 3.10. The lowest BCUT2D eigenvalue weighted by Crippen LogP contribution is -2.44. The predicted molar refractivity (Wildman–Crippen MR) is 66.9 cm³/mol. The summed E-state index contributed by atoms with van der Waals surface area (Å²) in [6, 6.07) is 2.98. The summed E-state index contributed by atoms with van der Waals surface area (Å²) in [5, 5.41) is 14.0. The number of nitrogens with two attached hydrogens (primary N) is 1. The Balaban J connectivity index is 3.05. The fourth-order valence-corrected chi connectivity index (χ4v) is 1.66. The highest BCUT2D eigenvalue weighted by atomic mass is 16.6. The average Bonchev–Trinajstić information content (AvgIpc) is 2.36. The van der Waals surface area contributed by atoms with Crippen LogP contribution in [0.25, 0.3) is 0 Å². The minimum Gasteiger partial charge on any atom is -0.358 e. The molecule has 1 aromatic heterocycles. The molecule has 0 aliphatic rings. The standard InChI is InChI=1S/C11H18N4O2/c1-3-11(4-2,8-12)14-10-9(15(16)17)6-5-7-13-10/h5-7H,3-4,8,12H2,1-2H3,(H,13,14). The number of hydrogen-bond donors (Lipinski definition) is 2. The third kappa shape index (κ3) is 2.91. The van der Waals surface area contributed by atoms with Gasteiger partial charge in [-0.2, -0.15) is 0 Å². The molecule has 17 heavy (non-hydrogen) atoms. The number of anilines is 1. The Hall–Kier alpha value is -1.69. The molecule has 0 spiro atoms. The largest absolute Gasteiger partial charge is 0.358 e. The maximum atomic E-state index is 10.9. The van der Waals surface area contributed by atoms with Gasteiger partial charge in [0.1, 0.15) is 0 Å². The van der Waals surface area contributed by atoms with E-state index in [1.165, 1.54) is 12.3 Å². The summed E-state index contributed by atoms with van der Waals surface area (Å²) in [5.41, 5.74) is 5.39. The van der Waals surface area contributed by atoms with Crippen molar-refractivity contribution in [2.75, 3.05) is 11.9 Å². The summed E-state index contributed by atoms with van der Waals surface area (Å²) >= 11 is 0. The molecule has 94 valence electrons. The minimum atomic E-state index is -0.443. The highest BCUT2D eigenvalue weighted by Crippen LogP contribution is 2.26. The SMILES string of the molecule is CCC(CC)(CN)Nc1ncccc1[N+](=O)[O-]. The zero-order chi connectivity index (χ0) is 12.9. The third-order valence-electron chi connectivity index (χ3n) is 3.11. The lowest BCUT2D eigenvalue weighted by molar-refractivity contribution is -0.384. The second kappa shape index (κ2) is 5.58. The van der Waals surface area contributed by atoms with Crippen molar-refractivity contribution in [3.05, 3.63) is 28.4 Å². The van der Waals surface area contributed by atoms with Gasteiger partial charge in [-0.15, -0.1) is 0 Å². The maximum Gasteiger partial charge on any atom is 0.311 e. The molecule has 0 fully saturated rings. The van der Waals surface area contributed by atoms with Crippen LogP contribution in [0.1, 0.15) is 26.7 Å². The van der Waals surface area contributed by atoms with Crippen LogP contribution < -0.4 is 11.1 Å². The first-order chi connectivity index (χ1) is 8.08. The number of aromatic nitrogens is 1. The molecule has 0 bridgehead atoms. The molecule has 0 unspecified atom stereocenters. The quantitative estimate of drug-likeness (QED) is 0.583. The Kier molecular flexibility index (Phi) is 4.39. The lowest BCUT2D eigenvalue weighted by Gasteiger charge is -2.31. The van der Waals surface area contributed by atoms with Crippen LogP contribution in [0, 0.1) is 10.1 Å². The predicted octanol–water partition coefficient (Wildman–Crippen LogP) is 1.92. The first-order valence-electron chi connectivity index (χ1n) is 5.66. The van der Waals surface area contributed by atoms with E-state index in [0.717, 1.165) is 12.8 Å². The Labute approximate surface area is 100 Å². The molecule has 0 aliphatic heterocycles. The zero-order valence-electron chi connectivity index (χ0n) is 10.1. The van der Waals surface area contributed by atoms with Gasteiger partial charge in [-0.3, -0.25) is 10.1 Å². The fraction of sp³-hybridized carbons (Fsp3) is 0.545. The molecule has 6 heteroatoms. The van der Waals surface area contributed by atoms with E-state index in [-0.39, 0.29) is 17.0 Å². The van der Waals surface area contributed by atoms with Gasteiger partial charge in [0.25, 0.3) is 0 Å². The second-order valence-corrected chi connectivity index (χ2v) is 3.94. The Bertz CT molecular complexity index is 383. The Morgan fingerprint density at radius 1 is 1.53 bits per heavy atom. The first-order valence-corrected chi connectivity index (χ1v) is 5.66. The third-order valence-corrected chi connectivity index (χ3v) is 3.11. The molecule has 0 atom stereocenters. The van der Waals surface area contributed by atoms with Crippen LogP contribution in [-0.2, 0) is 0 Å². The molecule has 6 nitrogen and oxygen atoms in total. The molecular formula is C11H18N4O2. The van der Waals surface area contributed by atoms with E-state index in [1.54, 1.807) is 6.07 Å². The van der Waals surface area contributed by atoms with E-state index >= 15 is 0 Å². The van der Waals surface area contributed by atoms with Crippen LogP contribution in [0.3, 0.4) is 0 Å². The van der Waals surface area contributed by atoms with Gasteiger partial charge < -0.3 is 11.1 Å². The van der Waals surface area contributed by atoms with Crippen LogP contribution >= 0.6 is 0 Å². The van der Waals surface area contributed by atoms with Gasteiger partial charge in [0, 0.05) is 18.8 Å². The van der Waals surface area contributed by atoms with Crippen molar-refractivity contribution in [3.8, 4) is 0 Å². The Morgan fingerprint density at radius 2 is 2.18 bits per heavy atom. The van der Waals surface area contributed by atoms with Gasteiger partial charge in [0.2, 0.25) is 5.82 Å². The van der Waals surface area contributed by atoms with Gasteiger partial charge in [0.05, 0.1) is 10.5 Å². The molecule has 1 rings (SSSR count). The van der Waals surface area contributed by atoms with Crippen molar-refractivity contribution in [1.82, 2.24) is 4.98 Å². The van der Waals surface area contributed by atoms with Gasteiger partial charge in [-0.1, -0.05) is 13.8 Å². The van der Waals surface area contributed by atoms with Crippen molar-refractivity contribution in [2.24, 2.45) is 5.73 Å². The molecule has 0 aromatic carbocycles. The number of hydrogen-bond acceptors (Lipinski definition) is 5. The summed E-state index contributed by atoms with van der Waals surface area (Å²) < 4.78 is 0. The van der Waals surface area contributed by atoms with E-state index in [1.807, 2.05) is 13.8 Å². The highest BCUT2D eigenvalue weighted by Gasteiger charge is 2.27. The number of nitrogens with zero attached hydrogens (tertiary/aromatic N) is 2. The van der Waals surface area contributed by atoms with Crippen LogP contribution in [0.4, 0.5) is 11.5 Å². The van der Waals surface area contributed by atoms with Crippen LogP contribution in [0.15, 0.2) is 18.3 Å². The number of nitrogens with one attached hydrogen (secondary N) is 1. The average molecular weight is 238 g/mol. The number of rotatable bonds is 6. The van der Waals surface area contributed by atoms with Crippen molar-refractivity contribution >= 4 is 11.5 Å². The maximum absolute atomic E-state index is 10.9. The number of pyridine rings is 1. The molecule has 0 saturated heterocycles. The van der Waals surface area contributed by atoms with Gasteiger partial charge in [-0.25, -0.2) is 4.98 Å². The first kappa shape index (κ1) is 13.4. The molecule has 0 aliphatic carbocycles. The van der Waals surface area contributed by atoms with E-state index < -0.39 is 4.92 Å². The molecular weight excluding hydrogens is 220 g/mol. The Morgan fingerprint density at radius 3 is 2.65 bits per heavy atom. The van der Waals surface area contributed by atoms with Crippen molar-refractivity contribution in [2.45, 2.75) is 32.2 Å². The summed E-state index contributed by atoms with van der Waals surface area (Å²) in [7, 11) is 0. The normalized spacial score (nSPS) is 11.2. The molecule has 1 heterocycles. The van der Waals surface area contributed by atoms with Crippen molar-refractivity contribution in [1.29, 1.82) is 0 Å².